The molecule has 0 bridgehead atoms. The number of tetrazole rings is 1. The van der Waals surface area contributed by atoms with Crippen LogP contribution in [0, 0.1) is 5.82 Å². The van der Waals surface area contributed by atoms with Crippen LogP contribution >= 0.6 is 0 Å². The second-order valence-electron chi connectivity index (χ2n) is 9.65. The zero-order chi connectivity index (χ0) is 29.5. The summed E-state index contributed by atoms with van der Waals surface area (Å²) in [5, 5.41) is 15.4. The lowest BCUT2D eigenvalue weighted by molar-refractivity contribution is -0.142. The molecule has 1 saturated heterocycles. The van der Waals surface area contributed by atoms with Gasteiger partial charge in [-0.15, -0.1) is 10.2 Å². The first-order valence-electron chi connectivity index (χ1n) is 13.4. The van der Waals surface area contributed by atoms with Crippen LogP contribution in [0.2, 0.25) is 0 Å². The van der Waals surface area contributed by atoms with Gasteiger partial charge < -0.3 is 28.8 Å². The first-order chi connectivity index (χ1) is 20.4. The van der Waals surface area contributed by atoms with E-state index in [4.69, 9.17) is 18.6 Å². The minimum Gasteiger partial charge on any atom is -0.493 e. The number of nitrogens with one attached hydrogen (secondary N) is 1. The molecule has 0 aliphatic carbocycles. The van der Waals surface area contributed by atoms with Gasteiger partial charge >= 0.3 is 0 Å². The van der Waals surface area contributed by atoms with Gasteiger partial charge in [-0.3, -0.25) is 9.59 Å². The Morgan fingerprint density at radius 2 is 1.95 bits per heavy atom. The van der Waals surface area contributed by atoms with Gasteiger partial charge in [0.1, 0.15) is 24.2 Å². The lowest BCUT2D eigenvalue weighted by atomic mass is 10.0. The maximum absolute atomic E-state index is 13.9. The summed E-state index contributed by atoms with van der Waals surface area (Å²) in [6.45, 7) is 0.579. The van der Waals surface area contributed by atoms with Gasteiger partial charge in [0.2, 0.25) is 17.6 Å². The number of benzene rings is 2. The quantitative estimate of drug-likeness (QED) is 0.269. The summed E-state index contributed by atoms with van der Waals surface area (Å²) in [6, 6.07) is 12.9. The molecule has 1 fully saturated rings. The molecule has 13 heteroatoms. The van der Waals surface area contributed by atoms with E-state index in [1.807, 2.05) is 0 Å². The molecule has 220 valence electrons. The average Bonchev–Trinajstić information content (AvgIpc) is 3.80. The van der Waals surface area contributed by atoms with Gasteiger partial charge in [0.05, 0.1) is 33.1 Å². The van der Waals surface area contributed by atoms with Crippen molar-refractivity contribution in [3.05, 3.63) is 78.0 Å². The van der Waals surface area contributed by atoms with Crippen LogP contribution < -0.4 is 14.8 Å². The summed E-state index contributed by atoms with van der Waals surface area (Å²) in [5.74, 6) is 0.380. The third-order valence-electron chi connectivity index (χ3n) is 6.87. The Bertz CT molecular complexity index is 1490. The molecule has 1 aliphatic heterocycles. The number of aromatic nitrogens is 4. The van der Waals surface area contributed by atoms with E-state index < -0.39 is 23.7 Å². The summed E-state index contributed by atoms with van der Waals surface area (Å²) in [5.41, 5.74) is 1.04. The monoisotopic (exact) mass is 578 g/mol. The smallest absolute Gasteiger partial charge is 0.247 e. The van der Waals surface area contributed by atoms with Crippen molar-refractivity contribution >= 4 is 11.8 Å². The van der Waals surface area contributed by atoms with Crippen molar-refractivity contribution in [1.29, 1.82) is 0 Å². The van der Waals surface area contributed by atoms with Crippen LogP contribution in [0.15, 0.2) is 65.3 Å². The number of nitrogens with zero attached hydrogens (tertiary/aromatic N) is 5. The SMILES string of the molecule is COc1ccc(-c2nnn(CC(=O)N(Cc3ccco3)[C@@H](C(=O)NC[C@@H]3CCCO3)c3ccc(F)cc3)n2)cc1OC. The third kappa shape index (κ3) is 6.74. The van der Waals surface area contributed by atoms with Crippen molar-refractivity contribution in [2.75, 3.05) is 27.4 Å². The van der Waals surface area contributed by atoms with Gasteiger partial charge in [-0.2, -0.15) is 4.80 Å². The summed E-state index contributed by atoms with van der Waals surface area (Å²) < 4.78 is 35.6. The van der Waals surface area contributed by atoms with Crippen LogP contribution in [-0.4, -0.2) is 70.4 Å². The molecule has 0 unspecified atom stereocenters. The number of hydrogen-bond acceptors (Lipinski definition) is 9. The van der Waals surface area contributed by atoms with Crippen LogP contribution in [0.4, 0.5) is 4.39 Å². The van der Waals surface area contributed by atoms with Gasteiger partial charge in [-0.25, -0.2) is 4.39 Å². The Morgan fingerprint density at radius 1 is 1.14 bits per heavy atom. The fourth-order valence-electron chi connectivity index (χ4n) is 4.74. The molecule has 1 N–H and O–H groups in total. The number of carbonyl (C=O) groups excluding carboxylic acids is 2. The summed E-state index contributed by atoms with van der Waals surface area (Å²) in [7, 11) is 3.06. The second kappa shape index (κ2) is 13.3. The Hall–Kier alpha value is -4.78. The first kappa shape index (κ1) is 28.7. The van der Waals surface area contributed by atoms with Crippen molar-refractivity contribution in [2.45, 2.75) is 38.1 Å². The van der Waals surface area contributed by atoms with Crippen molar-refractivity contribution < 1.29 is 32.6 Å². The van der Waals surface area contributed by atoms with E-state index in [2.05, 4.69) is 20.7 Å². The largest absolute Gasteiger partial charge is 0.493 e. The highest BCUT2D eigenvalue weighted by Crippen LogP contribution is 2.31. The van der Waals surface area contributed by atoms with E-state index in [1.54, 1.807) is 30.3 Å². The molecule has 3 heterocycles. The van der Waals surface area contributed by atoms with Crippen molar-refractivity contribution in [1.82, 2.24) is 30.4 Å². The van der Waals surface area contributed by atoms with E-state index in [-0.39, 0.29) is 25.0 Å². The molecule has 0 saturated carbocycles. The van der Waals surface area contributed by atoms with E-state index in [0.29, 0.717) is 41.5 Å². The lowest BCUT2D eigenvalue weighted by Crippen LogP contribution is -2.46. The second-order valence-corrected chi connectivity index (χ2v) is 9.65. The highest BCUT2D eigenvalue weighted by molar-refractivity contribution is 5.88. The normalized spacial score (nSPS) is 15.3. The minimum atomic E-state index is -1.10. The minimum absolute atomic E-state index is 0.0293. The number of methoxy groups -OCH3 is 2. The molecule has 12 nitrogen and oxygen atoms in total. The first-order valence-corrected chi connectivity index (χ1v) is 13.4. The molecule has 2 amide bonds. The Morgan fingerprint density at radius 3 is 2.64 bits per heavy atom. The molecular weight excluding hydrogens is 547 g/mol. The third-order valence-corrected chi connectivity index (χ3v) is 6.87. The molecule has 5 rings (SSSR count). The molecule has 4 aromatic rings. The van der Waals surface area contributed by atoms with Crippen molar-refractivity contribution in [2.24, 2.45) is 0 Å². The van der Waals surface area contributed by atoms with Crippen LogP contribution in [0.5, 0.6) is 11.5 Å². The number of rotatable bonds is 12. The highest BCUT2D eigenvalue weighted by atomic mass is 19.1. The molecule has 2 aromatic heterocycles. The Labute approximate surface area is 241 Å². The molecule has 0 radical (unpaired) electrons. The Kier molecular flexibility index (Phi) is 9.07. The Balaban J connectivity index is 1.41. The van der Waals surface area contributed by atoms with Gasteiger partial charge in [-0.1, -0.05) is 12.1 Å². The van der Waals surface area contributed by atoms with Crippen LogP contribution in [0.25, 0.3) is 11.4 Å². The zero-order valence-electron chi connectivity index (χ0n) is 23.2. The summed E-state index contributed by atoms with van der Waals surface area (Å²) in [4.78, 5) is 30.0. The fraction of sp³-hybridized carbons (Fsp3) is 0.345. The van der Waals surface area contributed by atoms with Gasteiger partial charge in [0.15, 0.2) is 11.5 Å². The topological polar surface area (TPSA) is 134 Å². The average molecular weight is 579 g/mol. The van der Waals surface area contributed by atoms with Crippen molar-refractivity contribution in [3.8, 4) is 22.9 Å². The molecule has 2 aromatic carbocycles. The molecular formula is C29H31FN6O6. The molecule has 1 aliphatic rings. The van der Waals surface area contributed by atoms with E-state index in [0.717, 1.165) is 17.6 Å². The van der Waals surface area contributed by atoms with Crippen LogP contribution in [0.3, 0.4) is 0 Å². The maximum atomic E-state index is 13.9. The van der Waals surface area contributed by atoms with Gasteiger partial charge in [0, 0.05) is 18.7 Å². The number of hydrogen-bond donors (Lipinski definition) is 1. The van der Waals surface area contributed by atoms with E-state index >= 15 is 0 Å². The zero-order valence-corrected chi connectivity index (χ0v) is 23.2. The highest BCUT2D eigenvalue weighted by Gasteiger charge is 2.33. The van der Waals surface area contributed by atoms with Gasteiger partial charge in [0.25, 0.3) is 0 Å². The summed E-state index contributed by atoms with van der Waals surface area (Å²) >= 11 is 0. The number of halogens is 1. The predicted octanol–water partition coefficient (Wildman–Crippen LogP) is 3.15. The molecule has 2 atom stereocenters. The fourth-order valence-corrected chi connectivity index (χ4v) is 4.74. The summed E-state index contributed by atoms with van der Waals surface area (Å²) in [6.07, 6.45) is 3.13. The van der Waals surface area contributed by atoms with E-state index in [9.17, 15) is 14.0 Å². The van der Waals surface area contributed by atoms with E-state index in [1.165, 1.54) is 49.6 Å². The van der Waals surface area contributed by atoms with Crippen LogP contribution in [0.1, 0.15) is 30.2 Å². The van der Waals surface area contributed by atoms with Crippen LogP contribution in [-0.2, 0) is 27.4 Å². The molecule has 42 heavy (non-hydrogen) atoms. The standard InChI is InChI=1S/C29H31FN6O6/c1-39-24-12-9-20(15-25(24)40-2)28-32-34-36(33-28)18-26(37)35(17-23-6-4-14-42-23)27(19-7-10-21(30)11-8-19)29(38)31-16-22-5-3-13-41-22/h4,6-12,14-15,22,27H,3,5,13,16-18H2,1-2H3,(H,31,38)/t22-,27+/m0/s1. The number of amides is 2. The molecule has 0 spiro atoms. The number of carbonyl (C=O) groups is 2. The predicted molar refractivity (Wildman–Crippen MR) is 147 cm³/mol. The number of ether oxygens (including phenoxy) is 3. The maximum Gasteiger partial charge on any atom is 0.247 e. The number of furan rings is 1. The van der Waals surface area contributed by atoms with Gasteiger partial charge in [-0.05, 0) is 66.1 Å². The lowest BCUT2D eigenvalue weighted by Gasteiger charge is -2.31. The van der Waals surface area contributed by atoms with Crippen molar-refractivity contribution in [3.63, 3.8) is 0 Å².